The molecule has 1 aliphatic rings. The van der Waals surface area contributed by atoms with E-state index in [1.54, 1.807) is 37.4 Å². The lowest BCUT2D eigenvalue weighted by Crippen LogP contribution is -2.47. The summed E-state index contributed by atoms with van der Waals surface area (Å²) in [6, 6.07) is 6.55. The van der Waals surface area contributed by atoms with Gasteiger partial charge in [0.2, 0.25) is 0 Å². The summed E-state index contributed by atoms with van der Waals surface area (Å²) >= 11 is 0. The molecule has 0 aliphatic heterocycles. The van der Waals surface area contributed by atoms with E-state index in [4.69, 9.17) is 0 Å². The van der Waals surface area contributed by atoms with E-state index in [2.05, 4.69) is 10.6 Å². The van der Waals surface area contributed by atoms with Gasteiger partial charge in [0.15, 0.2) is 0 Å². The first kappa shape index (κ1) is 17.9. The Morgan fingerprint density at radius 1 is 1.26 bits per heavy atom. The molecular formula is C17H26N2O3S. The van der Waals surface area contributed by atoms with Crippen LogP contribution in [0, 0.1) is 5.92 Å². The highest BCUT2D eigenvalue weighted by atomic mass is 32.2. The van der Waals surface area contributed by atoms with Gasteiger partial charge in [-0.2, -0.15) is 0 Å². The predicted molar refractivity (Wildman–Crippen MR) is 93.0 cm³/mol. The van der Waals surface area contributed by atoms with Crippen LogP contribution in [0.2, 0.25) is 0 Å². The first-order valence-corrected chi connectivity index (χ1v) is 9.65. The largest absolute Gasteiger partial charge is 0.388 e. The van der Waals surface area contributed by atoms with Gasteiger partial charge in [-0.05, 0) is 49.9 Å². The molecule has 1 aliphatic carbocycles. The van der Waals surface area contributed by atoms with Crippen molar-refractivity contribution in [1.82, 2.24) is 5.32 Å². The minimum Gasteiger partial charge on any atom is -0.388 e. The number of aliphatic hydroxyl groups is 1. The zero-order chi connectivity index (χ0) is 16.9. The molecule has 128 valence electrons. The average molecular weight is 338 g/mol. The second-order valence-corrected chi connectivity index (χ2v) is 7.86. The Morgan fingerprint density at radius 3 is 2.43 bits per heavy atom. The molecule has 1 fully saturated rings. The number of urea groups is 1. The Labute approximate surface area is 140 Å². The zero-order valence-corrected chi connectivity index (χ0v) is 14.6. The zero-order valence-electron chi connectivity index (χ0n) is 13.8. The molecule has 5 nitrogen and oxygen atoms in total. The second kappa shape index (κ2) is 7.93. The minimum atomic E-state index is -1.03. The van der Waals surface area contributed by atoms with Crippen molar-refractivity contribution in [2.24, 2.45) is 5.92 Å². The van der Waals surface area contributed by atoms with Crippen LogP contribution in [-0.4, -0.2) is 33.7 Å². The van der Waals surface area contributed by atoms with Crippen molar-refractivity contribution in [1.29, 1.82) is 0 Å². The van der Waals surface area contributed by atoms with Gasteiger partial charge in [-0.3, -0.25) is 4.21 Å². The lowest BCUT2D eigenvalue weighted by atomic mass is 9.78. The summed E-state index contributed by atoms with van der Waals surface area (Å²) in [6.07, 6.45) is 7.19. The molecule has 0 radical (unpaired) electrons. The van der Waals surface area contributed by atoms with E-state index in [-0.39, 0.29) is 18.5 Å². The molecule has 1 saturated carbocycles. The highest BCUT2D eigenvalue weighted by Crippen LogP contribution is 2.32. The van der Waals surface area contributed by atoms with Crippen molar-refractivity contribution in [3.05, 3.63) is 24.3 Å². The molecule has 2 rings (SSSR count). The Bertz CT molecular complexity index is 551. The first-order valence-electron chi connectivity index (χ1n) is 8.09. The van der Waals surface area contributed by atoms with Gasteiger partial charge in [0.05, 0.1) is 5.60 Å². The van der Waals surface area contributed by atoms with Gasteiger partial charge in [0.25, 0.3) is 0 Å². The Kier molecular flexibility index (Phi) is 6.18. The fourth-order valence-electron chi connectivity index (χ4n) is 3.03. The summed E-state index contributed by atoms with van der Waals surface area (Å²) in [5, 5.41) is 16.0. The molecular weight excluding hydrogens is 312 g/mol. The van der Waals surface area contributed by atoms with Gasteiger partial charge < -0.3 is 15.7 Å². The third-order valence-corrected chi connectivity index (χ3v) is 5.47. The smallest absolute Gasteiger partial charge is 0.319 e. The lowest BCUT2D eigenvalue weighted by Gasteiger charge is -2.35. The topological polar surface area (TPSA) is 78.4 Å². The molecule has 0 bridgehead atoms. The van der Waals surface area contributed by atoms with Crippen LogP contribution in [0.25, 0.3) is 0 Å². The molecule has 2 amide bonds. The van der Waals surface area contributed by atoms with E-state index in [9.17, 15) is 14.1 Å². The van der Waals surface area contributed by atoms with Crippen molar-refractivity contribution in [3.8, 4) is 0 Å². The molecule has 0 aromatic heterocycles. The van der Waals surface area contributed by atoms with Gasteiger partial charge in [-0.15, -0.1) is 0 Å². The van der Waals surface area contributed by atoms with Crippen molar-refractivity contribution in [3.63, 3.8) is 0 Å². The molecule has 0 unspecified atom stereocenters. The van der Waals surface area contributed by atoms with Gasteiger partial charge in [-0.1, -0.05) is 19.3 Å². The molecule has 1 aromatic carbocycles. The summed E-state index contributed by atoms with van der Waals surface area (Å²) in [4.78, 5) is 12.7. The van der Waals surface area contributed by atoms with Crippen molar-refractivity contribution < 1.29 is 14.1 Å². The Morgan fingerprint density at radius 2 is 1.87 bits per heavy atom. The van der Waals surface area contributed by atoms with E-state index in [1.165, 1.54) is 6.42 Å². The number of hydrogen-bond donors (Lipinski definition) is 3. The SMILES string of the molecule is C[S@](=O)c1ccc(NC(=O)NC[C@@](C)(O)C2CCCCC2)cc1. The predicted octanol–water partition coefficient (Wildman–Crippen LogP) is 2.88. The summed E-state index contributed by atoms with van der Waals surface area (Å²) in [7, 11) is -1.03. The summed E-state index contributed by atoms with van der Waals surface area (Å²) in [6.45, 7) is 2.04. The van der Waals surface area contributed by atoms with Gasteiger partial charge in [-0.25, -0.2) is 4.79 Å². The quantitative estimate of drug-likeness (QED) is 0.772. The van der Waals surface area contributed by atoms with Crippen molar-refractivity contribution in [2.45, 2.75) is 49.5 Å². The van der Waals surface area contributed by atoms with Crippen LogP contribution < -0.4 is 10.6 Å². The molecule has 23 heavy (non-hydrogen) atoms. The molecule has 0 saturated heterocycles. The van der Waals surface area contributed by atoms with Crippen LogP contribution in [0.4, 0.5) is 10.5 Å². The summed E-state index contributed by atoms with van der Waals surface area (Å²) in [5.41, 5.74) is -0.241. The van der Waals surface area contributed by atoms with Crippen LogP contribution in [-0.2, 0) is 10.8 Å². The van der Waals surface area contributed by atoms with E-state index in [0.29, 0.717) is 5.69 Å². The van der Waals surface area contributed by atoms with E-state index < -0.39 is 16.4 Å². The normalized spacial score (nSPS) is 19.6. The van der Waals surface area contributed by atoms with Crippen LogP contribution in [0.3, 0.4) is 0 Å². The van der Waals surface area contributed by atoms with E-state index >= 15 is 0 Å². The number of carbonyl (C=O) groups is 1. The number of benzene rings is 1. The monoisotopic (exact) mass is 338 g/mol. The second-order valence-electron chi connectivity index (χ2n) is 6.48. The van der Waals surface area contributed by atoms with Crippen molar-refractivity contribution in [2.75, 3.05) is 18.1 Å². The van der Waals surface area contributed by atoms with Gasteiger partial charge >= 0.3 is 6.03 Å². The van der Waals surface area contributed by atoms with Crippen molar-refractivity contribution >= 4 is 22.5 Å². The summed E-state index contributed by atoms with van der Waals surface area (Å²) in [5.74, 6) is 0.246. The number of anilines is 1. The standard InChI is InChI=1S/C17H26N2O3S/c1-17(21,13-6-4-3-5-7-13)12-18-16(20)19-14-8-10-15(11-9-14)23(2)22/h8-11,13,21H,3-7,12H2,1-2H3,(H2,18,19,20)/t17-,23+/m1/s1. The van der Waals surface area contributed by atoms with E-state index in [1.807, 2.05) is 0 Å². The molecule has 1 aromatic rings. The molecule has 3 N–H and O–H groups in total. The maximum Gasteiger partial charge on any atom is 0.319 e. The first-order chi connectivity index (χ1) is 10.9. The number of rotatable bonds is 5. The highest BCUT2D eigenvalue weighted by molar-refractivity contribution is 7.84. The van der Waals surface area contributed by atoms with Gasteiger partial charge in [0.1, 0.15) is 0 Å². The maximum atomic E-state index is 12.0. The number of carbonyl (C=O) groups excluding carboxylic acids is 1. The average Bonchev–Trinajstić information content (AvgIpc) is 2.54. The lowest BCUT2D eigenvalue weighted by molar-refractivity contribution is -0.0127. The Hall–Kier alpha value is -1.40. The molecule has 0 heterocycles. The van der Waals surface area contributed by atoms with Crippen LogP contribution in [0.15, 0.2) is 29.2 Å². The number of amides is 2. The van der Waals surface area contributed by atoms with Crippen LogP contribution in [0.5, 0.6) is 0 Å². The fourth-order valence-corrected chi connectivity index (χ4v) is 3.55. The third-order valence-electron chi connectivity index (χ3n) is 4.54. The number of hydrogen-bond acceptors (Lipinski definition) is 3. The highest BCUT2D eigenvalue weighted by Gasteiger charge is 2.32. The molecule has 0 spiro atoms. The third kappa shape index (κ3) is 5.32. The van der Waals surface area contributed by atoms with Crippen LogP contribution in [0.1, 0.15) is 39.0 Å². The fraction of sp³-hybridized carbons (Fsp3) is 0.588. The Balaban J connectivity index is 1.83. The maximum absolute atomic E-state index is 12.0. The molecule has 6 heteroatoms. The molecule has 2 atom stereocenters. The summed E-state index contributed by atoms with van der Waals surface area (Å²) < 4.78 is 11.3. The van der Waals surface area contributed by atoms with Gasteiger partial charge in [0, 0.05) is 34.2 Å². The number of nitrogens with one attached hydrogen (secondary N) is 2. The van der Waals surface area contributed by atoms with Crippen LogP contribution >= 0.6 is 0 Å². The van der Waals surface area contributed by atoms with E-state index in [0.717, 1.165) is 30.6 Å². The minimum absolute atomic E-state index is 0.237.